The lowest BCUT2D eigenvalue weighted by Gasteiger charge is -2.14. The highest BCUT2D eigenvalue weighted by molar-refractivity contribution is 5.16. The molecule has 1 aromatic heterocycles. The molecule has 18 heavy (non-hydrogen) atoms. The summed E-state index contributed by atoms with van der Waals surface area (Å²) in [5.41, 5.74) is 6.29. The van der Waals surface area contributed by atoms with Crippen molar-refractivity contribution in [3.63, 3.8) is 0 Å². The second kappa shape index (κ2) is 5.70. The first-order chi connectivity index (χ1) is 8.67. The van der Waals surface area contributed by atoms with Gasteiger partial charge in [0.25, 0.3) is 0 Å². The third kappa shape index (κ3) is 3.35. The minimum Gasteiger partial charge on any atom is -0.338 e. The van der Waals surface area contributed by atoms with Crippen molar-refractivity contribution in [3.8, 4) is 0 Å². The standard InChI is InChI=1S/C12H15FN4O/c1-17(7-9-3-2-4-10(13)5-9)8-11-15-12(6-14)18-16-11/h2-5H,6-8,14H2,1H3. The number of rotatable bonds is 5. The van der Waals surface area contributed by atoms with E-state index in [2.05, 4.69) is 10.1 Å². The second-order valence-electron chi connectivity index (χ2n) is 4.11. The molecule has 1 heterocycles. The normalized spacial score (nSPS) is 11.1. The number of nitrogens with two attached hydrogens (primary N) is 1. The molecule has 1 aromatic carbocycles. The van der Waals surface area contributed by atoms with Crippen LogP contribution in [0.15, 0.2) is 28.8 Å². The highest BCUT2D eigenvalue weighted by Crippen LogP contribution is 2.08. The van der Waals surface area contributed by atoms with E-state index in [9.17, 15) is 4.39 Å². The molecule has 0 unspecified atom stereocenters. The molecule has 0 aliphatic carbocycles. The molecular weight excluding hydrogens is 235 g/mol. The molecule has 96 valence electrons. The number of hydrogen-bond acceptors (Lipinski definition) is 5. The van der Waals surface area contributed by atoms with E-state index in [0.29, 0.717) is 24.8 Å². The van der Waals surface area contributed by atoms with Crippen molar-refractivity contribution in [1.29, 1.82) is 0 Å². The second-order valence-corrected chi connectivity index (χ2v) is 4.11. The fourth-order valence-electron chi connectivity index (χ4n) is 1.68. The van der Waals surface area contributed by atoms with E-state index in [0.717, 1.165) is 5.56 Å². The van der Waals surface area contributed by atoms with E-state index in [1.165, 1.54) is 12.1 Å². The van der Waals surface area contributed by atoms with Crippen molar-refractivity contribution in [1.82, 2.24) is 15.0 Å². The molecule has 0 saturated carbocycles. The average Bonchev–Trinajstić information content (AvgIpc) is 2.76. The van der Waals surface area contributed by atoms with E-state index in [1.807, 2.05) is 18.0 Å². The fraction of sp³-hybridized carbons (Fsp3) is 0.333. The lowest BCUT2D eigenvalue weighted by atomic mass is 10.2. The monoisotopic (exact) mass is 250 g/mol. The minimum atomic E-state index is -0.231. The Kier molecular flexibility index (Phi) is 4.01. The van der Waals surface area contributed by atoms with Gasteiger partial charge in [-0.1, -0.05) is 17.3 Å². The summed E-state index contributed by atoms with van der Waals surface area (Å²) in [7, 11) is 1.91. The Morgan fingerprint density at radius 3 is 2.89 bits per heavy atom. The Labute approximate surface area is 104 Å². The Balaban J connectivity index is 1.94. The number of benzene rings is 1. The Morgan fingerprint density at radius 2 is 2.22 bits per heavy atom. The molecular formula is C12H15FN4O. The Morgan fingerprint density at radius 1 is 1.39 bits per heavy atom. The van der Waals surface area contributed by atoms with E-state index in [1.54, 1.807) is 6.07 Å². The van der Waals surface area contributed by atoms with Crippen molar-refractivity contribution in [3.05, 3.63) is 47.4 Å². The number of hydrogen-bond donors (Lipinski definition) is 1. The molecule has 2 aromatic rings. The number of halogens is 1. The molecule has 2 rings (SSSR count). The minimum absolute atomic E-state index is 0.231. The van der Waals surface area contributed by atoms with Crippen LogP contribution in [-0.2, 0) is 19.6 Å². The Hall–Kier alpha value is -1.79. The van der Waals surface area contributed by atoms with Crippen molar-refractivity contribution in [2.24, 2.45) is 5.73 Å². The number of aromatic nitrogens is 2. The molecule has 0 amide bonds. The van der Waals surface area contributed by atoms with Gasteiger partial charge in [-0.3, -0.25) is 4.90 Å². The van der Waals surface area contributed by atoms with Gasteiger partial charge in [0.2, 0.25) is 5.89 Å². The van der Waals surface area contributed by atoms with Crippen LogP contribution >= 0.6 is 0 Å². The maximum absolute atomic E-state index is 13.0. The summed E-state index contributed by atoms with van der Waals surface area (Å²) in [5, 5.41) is 3.80. The molecule has 0 bridgehead atoms. The van der Waals surface area contributed by atoms with Gasteiger partial charge in [-0.2, -0.15) is 4.98 Å². The number of nitrogens with zero attached hydrogens (tertiary/aromatic N) is 3. The molecule has 0 aliphatic rings. The zero-order valence-corrected chi connectivity index (χ0v) is 10.1. The van der Waals surface area contributed by atoms with Crippen molar-refractivity contribution < 1.29 is 8.91 Å². The Bertz CT molecular complexity index is 514. The summed E-state index contributed by atoms with van der Waals surface area (Å²) in [6, 6.07) is 6.51. The van der Waals surface area contributed by atoms with Crippen LogP contribution in [0.2, 0.25) is 0 Å². The summed E-state index contributed by atoms with van der Waals surface area (Å²) in [6.45, 7) is 1.38. The van der Waals surface area contributed by atoms with Gasteiger partial charge < -0.3 is 10.3 Å². The summed E-state index contributed by atoms with van der Waals surface area (Å²) >= 11 is 0. The van der Waals surface area contributed by atoms with E-state index in [-0.39, 0.29) is 12.4 Å². The van der Waals surface area contributed by atoms with Crippen LogP contribution in [0.5, 0.6) is 0 Å². The summed E-state index contributed by atoms with van der Waals surface area (Å²) < 4.78 is 17.9. The first-order valence-electron chi connectivity index (χ1n) is 5.62. The first-order valence-corrected chi connectivity index (χ1v) is 5.62. The third-order valence-corrected chi connectivity index (χ3v) is 2.44. The van der Waals surface area contributed by atoms with E-state index in [4.69, 9.17) is 10.3 Å². The van der Waals surface area contributed by atoms with E-state index < -0.39 is 0 Å². The van der Waals surface area contributed by atoms with Gasteiger partial charge in [-0.15, -0.1) is 0 Å². The molecule has 0 fully saturated rings. The lowest BCUT2D eigenvalue weighted by Crippen LogP contribution is -2.18. The van der Waals surface area contributed by atoms with Gasteiger partial charge in [0.1, 0.15) is 5.82 Å². The zero-order chi connectivity index (χ0) is 13.0. The fourth-order valence-corrected chi connectivity index (χ4v) is 1.68. The zero-order valence-electron chi connectivity index (χ0n) is 10.1. The SMILES string of the molecule is CN(Cc1cccc(F)c1)Cc1noc(CN)n1. The van der Waals surface area contributed by atoms with Crippen LogP contribution in [0.25, 0.3) is 0 Å². The van der Waals surface area contributed by atoms with Crippen LogP contribution < -0.4 is 5.73 Å². The predicted octanol–water partition coefficient (Wildman–Crippen LogP) is 1.30. The largest absolute Gasteiger partial charge is 0.338 e. The molecule has 0 atom stereocenters. The molecule has 0 radical (unpaired) electrons. The summed E-state index contributed by atoms with van der Waals surface area (Å²) in [4.78, 5) is 6.08. The molecule has 0 spiro atoms. The lowest BCUT2D eigenvalue weighted by molar-refractivity contribution is 0.299. The topological polar surface area (TPSA) is 68.2 Å². The highest BCUT2D eigenvalue weighted by atomic mass is 19.1. The van der Waals surface area contributed by atoms with Gasteiger partial charge in [-0.25, -0.2) is 4.39 Å². The van der Waals surface area contributed by atoms with Crippen molar-refractivity contribution >= 4 is 0 Å². The molecule has 6 heteroatoms. The summed E-state index contributed by atoms with van der Waals surface area (Å²) in [6.07, 6.45) is 0. The first kappa shape index (κ1) is 12.7. The maximum atomic E-state index is 13.0. The van der Waals surface area contributed by atoms with Crippen LogP contribution in [0, 0.1) is 5.82 Å². The maximum Gasteiger partial charge on any atom is 0.240 e. The van der Waals surface area contributed by atoms with Crippen molar-refractivity contribution in [2.45, 2.75) is 19.6 Å². The van der Waals surface area contributed by atoms with Crippen LogP contribution in [0.4, 0.5) is 4.39 Å². The van der Waals surface area contributed by atoms with Crippen LogP contribution in [-0.4, -0.2) is 22.1 Å². The highest BCUT2D eigenvalue weighted by Gasteiger charge is 2.08. The van der Waals surface area contributed by atoms with E-state index >= 15 is 0 Å². The summed E-state index contributed by atoms with van der Waals surface area (Å²) in [5.74, 6) is 0.768. The third-order valence-electron chi connectivity index (χ3n) is 2.44. The molecule has 0 saturated heterocycles. The predicted molar refractivity (Wildman–Crippen MR) is 63.8 cm³/mol. The quantitative estimate of drug-likeness (QED) is 0.866. The molecule has 5 nitrogen and oxygen atoms in total. The smallest absolute Gasteiger partial charge is 0.240 e. The van der Waals surface area contributed by atoms with Crippen LogP contribution in [0.3, 0.4) is 0 Å². The molecule has 2 N–H and O–H groups in total. The van der Waals surface area contributed by atoms with Gasteiger partial charge in [0, 0.05) is 6.54 Å². The van der Waals surface area contributed by atoms with Crippen molar-refractivity contribution in [2.75, 3.05) is 7.05 Å². The molecule has 0 aliphatic heterocycles. The van der Waals surface area contributed by atoms with Crippen LogP contribution in [0.1, 0.15) is 17.3 Å². The van der Waals surface area contributed by atoms with Gasteiger partial charge >= 0.3 is 0 Å². The van der Waals surface area contributed by atoms with Gasteiger partial charge in [-0.05, 0) is 24.7 Å². The van der Waals surface area contributed by atoms with Gasteiger partial charge in [0.15, 0.2) is 5.82 Å². The average molecular weight is 250 g/mol. The van der Waals surface area contributed by atoms with Gasteiger partial charge in [0.05, 0.1) is 13.1 Å².